The number of carbonyl (C=O) groups excluding carboxylic acids is 2. The maximum atomic E-state index is 14.1. The SMILES string of the molecule is C=CC(F)(F)c1cccc(N2CCN(C(=O)C3=C(C)C(=O)OC34CCN(C3CCCCC3)CC4)CC2)c1. The van der Waals surface area contributed by atoms with Gasteiger partial charge in [0, 0.05) is 75.0 Å². The predicted molar refractivity (Wildman–Crippen MR) is 139 cm³/mol. The van der Waals surface area contributed by atoms with Gasteiger partial charge in [0.2, 0.25) is 0 Å². The van der Waals surface area contributed by atoms with Crippen LogP contribution in [0.15, 0.2) is 48.1 Å². The summed E-state index contributed by atoms with van der Waals surface area (Å²) in [7, 11) is 0. The minimum atomic E-state index is -3.09. The van der Waals surface area contributed by atoms with Gasteiger partial charge in [-0.25, -0.2) is 4.79 Å². The number of likely N-dealkylation sites (tertiary alicyclic amines) is 1. The van der Waals surface area contributed by atoms with Gasteiger partial charge in [-0.3, -0.25) is 4.79 Å². The summed E-state index contributed by atoms with van der Waals surface area (Å²) in [5, 5.41) is 0. The van der Waals surface area contributed by atoms with Crippen LogP contribution < -0.4 is 4.90 Å². The van der Waals surface area contributed by atoms with E-state index in [1.54, 1.807) is 17.9 Å². The molecule has 1 aliphatic carbocycles. The highest BCUT2D eigenvalue weighted by molar-refractivity contribution is 6.07. The highest BCUT2D eigenvalue weighted by atomic mass is 19.3. The average Bonchev–Trinajstić information content (AvgIpc) is 3.17. The van der Waals surface area contributed by atoms with E-state index in [1.807, 2.05) is 11.0 Å². The maximum Gasteiger partial charge on any atom is 0.335 e. The molecule has 200 valence electrons. The Bertz CT molecular complexity index is 1080. The second kappa shape index (κ2) is 10.2. The molecule has 3 heterocycles. The normalized spacial score (nSPS) is 23.5. The van der Waals surface area contributed by atoms with Gasteiger partial charge in [0.1, 0.15) is 5.60 Å². The van der Waals surface area contributed by atoms with Gasteiger partial charge in [-0.15, -0.1) is 0 Å². The summed E-state index contributed by atoms with van der Waals surface area (Å²) in [5.41, 5.74) is 0.736. The van der Waals surface area contributed by atoms with Crippen LogP contribution in [0, 0.1) is 0 Å². The van der Waals surface area contributed by atoms with Crippen LogP contribution in [-0.4, -0.2) is 72.6 Å². The van der Waals surface area contributed by atoms with E-state index in [1.165, 1.54) is 44.2 Å². The number of hydrogen-bond donors (Lipinski definition) is 0. The molecule has 5 rings (SSSR count). The molecular formula is C29H37F2N3O3. The van der Waals surface area contributed by atoms with E-state index < -0.39 is 11.5 Å². The van der Waals surface area contributed by atoms with Crippen molar-refractivity contribution in [2.45, 2.75) is 69.4 Å². The lowest BCUT2D eigenvalue weighted by Crippen LogP contribution is -2.54. The largest absolute Gasteiger partial charge is 0.450 e. The molecule has 6 nitrogen and oxygen atoms in total. The summed E-state index contributed by atoms with van der Waals surface area (Å²) >= 11 is 0. The molecule has 0 aromatic heterocycles. The topological polar surface area (TPSA) is 53.1 Å². The zero-order valence-electron chi connectivity index (χ0n) is 21.7. The Hall–Kier alpha value is -2.74. The Kier molecular flexibility index (Phi) is 7.14. The van der Waals surface area contributed by atoms with Crippen LogP contribution in [0.3, 0.4) is 0 Å². The summed E-state index contributed by atoms with van der Waals surface area (Å²) in [4.78, 5) is 32.8. The fourth-order valence-corrected chi connectivity index (χ4v) is 6.51. The number of ether oxygens (including phenoxy) is 1. The number of halogens is 2. The Labute approximate surface area is 217 Å². The second-order valence-corrected chi connectivity index (χ2v) is 10.9. The first-order chi connectivity index (χ1) is 17.7. The summed E-state index contributed by atoms with van der Waals surface area (Å²) in [6, 6.07) is 6.93. The third-order valence-corrected chi connectivity index (χ3v) is 8.75. The summed E-state index contributed by atoms with van der Waals surface area (Å²) < 4.78 is 34.1. The highest BCUT2D eigenvalue weighted by Gasteiger charge is 2.52. The van der Waals surface area contributed by atoms with Crippen molar-refractivity contribution in [2.75, 3.05) is 44.2 Å². The highest BCUT2D eigenvalue weighted by Crippen LogP contribution is 2.43. The van der Waals surface area contributed by atoms with Crippen LogP contribution in [0.1, 0.15) is 57.4 Å². The van der Waals surface area contributed by atoms with Gasteiger partial charge in [-0.05, 0) is 38.0 Å². The zero-order chi connectivity index (χ0) is 26.2. The van der Waals surface area contributed by atoms with Gasteiger partial charge in [0.15, 0.2) is 0 Å². The van der Waals surface area contributed by atoms with Crippen LogP contribution in [-0.2, 0) is 20.2 Å². The van der Waals surface area contributed by atoms with Crippen molar-refractivity contribution in [3.8, 4) is 0 Å². The van der Waals surface area contributed by atoms with Crippen molar-refractivity contribution >= 4 is 17.6 Å². The molecule has 8 heteroatoms. The summed E-state index contributed by atoms with van der Waals surface area (Å²) in [6.45, 7) is 8.58. The number of nitrogens with zero attached hydrogens (tertiary/aromatic N) is 3. The molecule has 1 saturated carbocycles. The molecule has 0 atom stereocenters. The summed E-state index contributed by atoms with van der Waals surface area (Å²) in [6.07, 6.45) is 8.27. The molecule has 0 N–H and O–H groups in total. The third-order valence-electron chi connectivity index (χ3n) is 8.75. The number of piperazine rings is 1. The van der Waals surface area contributed by atoms with Crippen molar-refractivity contribution < 1.29 is 23.1 Å². The molecule has 1 aromatic rings. The summed E-state index contributed by atoms with van der Waals surface area (Å²) in [5.74, 6) is -3.60. The number of piperidine rings is 1. The first-order valence-electron chi connectivity index (χ1n) is 13.6. The first kappa shape index (κ1) is 25.9. The number of amides is 1. The van der Waals surface area contributed by atoms with Crippen LogP contribution >= 0.6 is 0 Å². The number of rotatable bonds is 5. The smallest absolute Gasteiger partial charge is 0.335 e. The lowest BCUT2D eigenvalue weighted by atomic mass is 9.81. The molecule has 37 heavy (non-hydrogen) atoms. The van der Waals surface area contributed by atoms with Gasteiger partial charge in [-0.1, -0.05) is 38.0 Å². The van der Waals surface area contributed by atoms with Crippen molar-refractivity contribution in [3.05, 3.63) is 53.6 Å². The standard InChI is InChI=1S/C29H37F2N3O3/c1-3-29(30,31)22-8-7-11-24(20-22)33-16-18-34(19-17-33)26(35)25-21(2)27(36)37-28(25)12-14-32(15-13-28)23-9-5-4-6-10-23/h3,7-8,11,20,23H,1,4-6,9-10,12-19H2,2H3. The predicted octanol–water partition coefficient (Wildman–Crippen LogP) is 4.65. The number of esters is 1. The fourth-order valence-electron chi connectivity index (χ4n) is 6.51. The molecule has 1 amide bonds. The Morgan fingerprint density at radius 2 is 1.76 bits per heavy atom. The van der Waals surface area contributed by atoms with Gasteiger partial charge < -0.3 is 19.4 Å². The molecular weight excluding hydrogens is 476 g/mol. The lowest BCUT2D eigenvalue weighted by Gasteiger charge is -2.44. The Morgan fingerprint density at radius 3 is 2.41 bits per heavy atom. The van der Waals surface area contributed by atoms with Crippen LogP contribution in [0.2, 0.25) is 0 Å². The van der Waals surface area contributed by atoms with Crippen molar-refractivity contribution in [1.82, 2.24) is 9.80 Å². The Morgan fingerprint density at radius 1 is 1.08 bits per heavy atom. The molecule has 1 aromatic carbocycles. The van der Waals surface area contributed by atoms with Crippen molar-refractivity contribution in [3.63, 3.8) is 0 Å². The number of benzene rings is 1. The first-order valence-corrected chi connectivity index (χ1v) is 13.6. The monoisotopic (exact) mass is 513 g/mol. The minimum absolute atomic E-state index is 0.0950. The van der Waals surface area contributed by atoms with Crippen LogP contribution in [0.4, 0.5) is 14.5 Å². The fraction of sp³-hybridized carbons (Fsp3) is 0.586. The molecule has 0 unspecified atom stereocenters. The van der Waals surface area contributed by atoms with E-state index >= 15 is 0 Å². The number of alkyl halides is 2. The van der Waals surface area contributed by atoms with E-state index in [0.29, 0.717) is 68.0 Å². The van der Waals surface area contributed by atoms with E-state index in [0.717, 1.165) is 13.1 Å². The second-order valence-electron chi connectivity index (χ2n) is 10.9. The van der Waals surface area contributed by atoms with Gasteiger partial charge in [0.25, 0.3) is 11.8 Å². The van der Waals surface area contributed by atoms with Crippen LogP contribution in [0.5, 0.6) is 0 Å². The van der Waals surface area contributed by atoms with Crippen LogP contribution in [0.25, 0.3) is 0 Å². The average molecular weight is 514 g/mol. The van der Waals surface area contributed by atoms with Gasteiger partial charge >= 0.3 is 5.97 Å². The van der Waals surface area contributed by atoms with Crippen molar-refractivity contribution in [1.29, 1.82) is 0 Å². The lowest BCUT2D eigenvalue weighted by molar-refractivity contribution is -0.152. The molecule has 0 radical (unpaired) electrons. The molecule has 2 saturated heterocycles. The quantitative estimate of drug-likeness (QED) is 0.424. The number of carbonyl (C=O) groups is 2. The minimum Gasteiger partial charge on any atom is -0.450 e. The zero-order valence-corrected chi connectivity index (χ0v) is 21.7. The molecule has 4 aliphatic rings. The van der Waals surface area contributed by atoms with Gasteiger partial charge in [0.05, 0.1) is 5.57 Å². The Balaban J connectivity index is 1.25. The maximum absolute atomic E-state index is 14.1. The van der Waals surface area contributed by atoms with E-state index in [9.17, 15) is 18.4 Å². The van der Waals surface area contributed by atoms with Gasteiger partial charge in [-0.2, -0.15) is 8.78 Å². The molecule has 3 aliphatic heterocycles. The van der Waals surface area contributed by atoms with Crippen molar-refractivity contribution in [2.24, 2.45) is 0 Å². The molecule has 0 bridgehead atoms. The van der Waals surface area contributed by atoms with E-state index in [-0.39, 0.29) is 17.4 Å². The number of allylic oxidation sites excluding steroid dienone is 1. The van der Waals surface area contributed by atoms with E-state index in [4.69, 9.17) is 4.74 Å². The number of anilines is 1. The molecule has 3 fully saturated rings. The third kappa shape index (κ3) is 4.92. The van der Waals surface area contributed by atoms with E-state index in [2.05, 4.69) is 11.5 Å². The number of hydrogen-bond acceptors (Lipinski definition) is 5. The molecule has 1 spiro atoms.